The number of methoxy groups -OCH3 is 1. The third kappa shape index (κ3) is 3.43. The van der Waals surface area contributed by atoms with E-state index < -0.39 is 10.0 Å². The Hall–Kier alpha value is -1.73. The number of benzene rings is 2. The highest BCUT2D eigenvalue weighted by atomic mass is 79.9. The molecule has 0 aliphatic rings. The third-order valence-electron chi connectivity index (χ3n) is 2.51. The lowest BCUT2D eigenvalue weighted by Crippen LogP contribution is -2.12. The van der Waals surface area contributed by atoms with Crippen LogP contribution in [0.15, 0.2) is 51.8 Å². The van der Waals surface area contributed by atoms with Gasteiger partial charge in [0.15, 0.2) is 0 Å². The molecule has 0 spiro atoms. The van der Waals surface area contributed by atoms with Crippen molar-refractivity contribution in [3.63, 3.8) is 0 Å². The summed E-state index contributed by atoms with van der Waals surface area (Å²) in [5.74, 6) is 0.538. The molecule has 5 nitrogen and oxygen atoms in total. The minimum absolute atomic E-state index is 0.00748. The highest BCUT2D eigenvalue weighted by Crippen LogP contribution is 2.26. The summed E-state index contributed by atoms with van der Waals surface area (Å²) in [6.07, 6.45) is 0. The zero-order valence-electron chi connectivity index (χ0n) is 10.5. The first-order valence-electron chi connectivity index (χ1n) is 5.57. The molecular weight excluding hydrogens is 346 g/mol. The van der Waals surface area contributed by atoms with Crippen molar-refractivity contribution in [2.24, 2.45) is 0 Å². The smallest absolute Gasteiger partial charge is 0.261 e. The van der Waals surface area contributed by atoms with E-state index in [0.717, 1.165) is 0 Å². The fraction of sp³-hybridized carbons (Fsp3) is 0.0769. The maximum absolute atomic E-state index is 12.2. The Kier molecular flexibility index (Phi) is 4.20. The molecule has 7 heteroatoms. The summed E-state index contributed by atoms with van der Waals surface area (Å²) in [6, 6.07) is 10.2. The van der Waals surface area contributed by atoms with E-state index in [2.05, 4.69) is 20.7 Å². The summed E-state index contributed by atoms with van der Waals surface area (Å²) in [6.45, 7) is 0. The molecule has 2 aromatic rings. The van der Waals surface area contributed by atoms with Gasteiger partial charge in [0.05, 0.1) is 17.7 Å². The van der Waals surface area contributed by atoms with Gasteiger partial charge in [0.1, 0.15) is 11.5 Å². The number of nitrogens with one attached hydrogen (secondary N) is 1. The average molecular weight is 358 g/mol. The maximum Gasteiger partial charge on any atom is 0.261 e. The van der Waals surface area contributed by atoms with Crippen LogP contribution in [0.5, 0.6) is 11.5 Å². The van der Waals surface area contributed by atoms with E-state index in [-0.39, 0.29) is 10.6 Å². The largest absolute Gasteiger partial charge is 0.508 e. The van der Waals surface area contributed by atoms with E-state index in [4.69, 9.17) is 4.74 Å². The van der Waals surface area contributed by atoms with Crippen LogP contribution in [0.25, 0.3) is 0 Å². The van der Waals surface area contributed by atoms with Crippen LogP contribution >= 0.6 is 15.9 Å². The zero-order chi connectivity index (χ0) is 14.8. The van der Waals surface area contributed by atoms with E-state index in [1.54, 1.807) is 18.2 Å². The number of phenols is 1. The monoisotopic (exact) mass is 357 g/mol. The second-order valence-electron chi connectivity index (χ2n) is 3.98. The van der Waals surface area contributed by atoms with Gasteiger partial charge in [-0.25, -0.2) is 8.42 Å². The lowest BCUT2D eigenvalue weighted by Gasteiger charge is -2.10. The Morgan fingerprint density at radius 1 is 1.15 bits per heavy atom. The molecule has 2 N–H and O–H groups in total. The number of anilines is 1. The van der Waals surface area contributed by atoms with Crippen LogP contribution in [0.2, 0.25) is 0 Å². The number of hydrogen-bond donors (Lipinski definition) is 2. The number of hydrogen-bond acceptors (Lipinski definition) is 4. The first-order valence-corrected chi connectivity index (χ1v) is 7.85. The van der Waals surface area contributed by atoms with Gasteiger partial charge < -0.3 is 9.84 Å². The van der Waals surface area contributed by atoms with Gasteiger partial charge in [0.25, 0.3) is 10.0 Å². The maximum atomic E-state index is 12.2. The Bertz CT molecular complexity index is 714. The zero-order valence-corrected chi connectivity index (χ0v) is 12.9. The molecule has 0 bridgehead atoms. The van der Waals surface area contributed by atoms with Crippen molar-refractivity contribution in [1.82, 2.24) is 0 Å². The van der Waals surface area contributed by atoms with Crippen molar-refractivity contribution < 1.29 is 18.3 Å². The molecule has 0 aromatic heterocycles. The number of halogens is 1. The Morgan fingerprint density at radius 2 is 1.80 bits per heavy atom. The summed E-state index contributed by atoms with van der Waals surface area (Å²) in [5, 5.41) is 9.18. The predicted molar refractivity (Wildman–Crippen MR) is 79.6 cm³/mol. The highest BCUT2D eigenvalue weighted by Gasteiger charge is 2.14. The van der Waals surface area contributed by atoms with Gasteiger partial charge in [-0.05, 0) is 36.4 Å². The fourth-order valence-electron chi connectivity index (χ4n) is 1.58. The summed E-state index contributed by atoms with van der Waals surface area (Å²) in [7, 11) is -2.21. The standard InChI is InChI=1S/C13H12BrNO4S/c1-19-12-7-9(14)6-10(8-12)15-20(17,18)13-4-2-11(16)3-5-13/h2-8,15-16H,1H3. The van der Waals surface area contributed by atoms with Crippen LogP contribution in [0.4, 0.5) is 5.69 Å². The first-order chi connectivity index (χ1) is 9.40. The first kappa shape index (κ1) is 14.7. The molecule has 106 valence electrons. The molecule has 0 unspecified atom stereocenters. The topological polar surface area (TPSA) is 75.6 Å². The van der Waals surface area contributed by atoms with E-state index in [0.29, 0.717) is 15.9 Å². The van der Waals surface area contributed by atoms with Gasteiger partial charge in [-0.3, -0.25) is 4.72 Å². The van der Waals surface area contributed by atoms with Crippen molar-refractivity contribution in [3.05, 3.63) is 46.9 Å². The number of aromatic hydroxyl groups is 1. The molecule has 0 aliphatic heterocycles. The van der Waals surface area contributed by atoms with E-state index in [9.17, 15) is 13.5 Å². The van der Waals surface area contributed by atoms with Gasteiger partial charge >= 0.3 is 0 Å². The number of ether oxygens (including phenoxy) is 1. The third-order valence-corrected chi connectivity index (χ3v) is 4.36. The van der Waals surface area contributed by atoms with Gasteiger partial charge in [-0.1, -0.05) is 15.9 Å². The van der Waals surface area contributed by atoms with Gasteiger partial charge in [0, 0.05) is 10.5 Å². The van der Waals surface area contributed by atoms with Crippen molar-refractivity contribution in [2.75, 3.05) is 11.8 Å². The molecular formula is C13H12BrNO4S. The quantitative estimate of drug-likeness (QED) is 0.881. The van der Waals surface area contributed by atoms with Gasteiger partial charge in [-0.2, -0.15) is 0 Å². The van der Waals surface area contributed by atoms with Crippen LogP contribution in [0.3, 0.4) is 0 Å². The van der Waals surface area contributed by atoms with E-state index >= 15 is 0 Å². The normalized spacial score (nSPS) is 11.1. The summed E-state index contributed by atoms with van der Waals surface area (Å²) >= 11 is 3.28. The molecule has 0 radical (unpaired) electrons. The fourth-order valence-corrected chi connectivity index (χ4v) is 3.09. The number of phenolic OH excluding ortho intramolecular Hbond substituents is 1. The second-order valence-corrected chi connectivity index (χ2v) is 6.58. The minimum Gasteiger partial charge on any atom is -0.508 e. The molecule has 0 saturated heterocycles. The molecule has 0 amide bonds. The average Bonchev–Trinajstić information content (AvgIpc) is 2.37. The lowest BCUT2D eigenvalue weighted by molar-refractivity contribution is 0.415. The van der Waals surface area contributed by atoms with Crippen LogP contribution in [0.1, 0.15) is 0 Å². The molecule has 0 atom stereocenters. The predicted octanol–water partition coefficient (Wildman–Crippen LogP) is 2.96. The Morgan fingerprint density at radius 3 is 2.40 bits per heavy atom. The molecule has 2 aromatic carbocycles. The van der Waals surface area contributed by atoms with Crippen molar-refractivity contribution in [3.8, 4) is 11.5 Å². The van der Waals surface area contributed by atoms with Crippen molar-refractivity contribution >= 4 is 31.6 Å². The summed E-state index contributed by atoms with van der Waals surface area (Å²) in [5.41, 5.74) is 0.379. The van der Waals surface area contributed by atoms with Crippen LogP contribution in [-0.4, -0.2) is 20.6 Å². The lowest BCUT2D eigenvalue weighted by atomic mass is 10.3. The van der Waals surface area contributed by atoms with E-state index in [1.165, 1.54) is 31.4 Å². The Labute approximate surface area is 125 Å². The number of sulfonamides is 1. The SMILES string of the molecule is COc1cc(Br)cc(NS(=O)(=O)c2ccc(O)cc2)c1. The van der Waals surface area contributed by atoms with Crippen molar-refractivity contribution in [1.29, 1.82) is 0 Å². The molecule has 0 saturated carbocycles. The van der Waals surface area contributed by atoms with E-state index in [1.807, 2.05) is 0 Å². The molecule has 0 fully saturated rings. The van der Waals surface area contributed by atoms with Gasteiger partial charge in [0.2, 0.25) is 0 Å². The summed E-state index contributed by atoms with van der Waals surface area (Å²) < 4.78 is 32.6. The highest BCUT2D eigenvalue weighted by molar-refractivity contribution is 9.10. The Balaban J connectivity index is 2.33. The summed E-state index contributed by atoms with van der Waals surface area (Å²) in [4.78, 5) is 0.0641. The minimum atomic E-state index is -3.71. The van der Waals surface area contributed by atoms with Gasteiger partial charge in [-0.15, -0.1) is 0 Å². The molecule has 20 heavy (non-hydrogen) atoms. The van der Waals surface area contributed by atoms with Crippen LogP contribution in [0, 0.1) is 0 Å². The molecule has 0 heterocycles. The van der Waals surface area contributed by atoms with Crippen molar-refractivity contribution in [2.45, 2.75) is 4.90 Å². The van der Waals surface area contributed by atoms with Crippen LogP contribution in [-0.2, 0) is 10.0 Å². The number of rotatable bonds is 4. The molecule has 2 rings (SSSR count). The molecule has 0 aliphatic carbocycles. The second kappa shape index (κ2) is 5.72. The van der Waals surface area contributed by atoms with Crippen LogP contribution < -0.4 is 9.46 Å².